The van der Waals surface area contributed by atoms with Gasteiger partial charge in [0.15, 0.2) is 5.82 Å². The van der Waals surface area contributed by atoms with Gasteiger partial charge in [-0.2, -0.15) is 0 Å². The molecule has 3 aromatic carbocycles. The number of aromatic amines is 1. The van der Waals surface area contributed by atoms with Gasteiger partial charge in [-0.15, -0.1) is 5.10 Å². The summed E-state index contributed by atoms with van der Waals surface area (Å²) in [5.74, 6) is -0.00156. The summed E-state index contributed by atoms with van der Waals surface area (Å²) in [6, 6.07) is 22.3. The molecule has 0 bridgehead atoms. The maximum Gasteiger partial charge on any atom is 0.342 e. The molecule has 0 aliphatic heterocycles. The van der Waals surface area contributed by atoms with Gasteiger partial charge in [0.05, 0.1) is 0 Å². The Morgan fingerprint density at radius 1 is 1.12 bits per heavy atom. The van der Waals surface area contributed by atoms with Crippen molar-refractivity contribution in [1.82, 2.24) is 15.2 Å². The van der Waals surface area contributed by atoms with Gasteiger partial charge in [0, 0.05) is 20.6 Å². The smallest absolute Gasteiger partial charge is 0.342 e. The second-order valence-corrected chi connectivity index (χ2v) is 9.21. The Kier molecular flexibility index (Phi) is 7.49. The van der Waals surface area contributed by atoms with Crippen molar-refractivity contribution in [3.05, 3.63) is 98.3 Å². The summed E-state index contributed by atoms with van der Waals surface area (Å²) in [7, 11) is 0. The predicted molar refractivity (Wildman–Crippen MR) is 133 cm³/mol. The van der Waals surface area contributed by atoms with Crippen molar-refractivity contribution in [2.24, 2.45) is 0 Å². The lowest BCUT2D eigenvalue weighted by Gasteiger charge is -2.11. The molecule has 4 aromatic rings. The van der Waals surface area contributed by atoms with E-state index >= 15 is 0 Å². The zero-order valence-electron chi connectivity index (χ0n) is 17.0. The third-order valence-corrected chi connectivity index (χ3v) is 6.11. The van der Waals surface area contributed by atoms with Gasteiger partial charge in [0.1, 0.15) is 17.3 Å². The lowest BCUT2D eigenvalue weighted by molar-refractivity contribution is -0.131. The predicted octanol–water partition coefficient (Wildman–Crippen LogP) is 6.68. The van der Waals surface area contributed by atoms with Crippen LogP contribution in [-0.4, -0.2) is 26.3 Å². The number of thioether (sulfide) groups is 1. The molecule has 0 saturated carbocycles. The van der Waals surface area contributed by atoms with Crippen molar-refractivity contribution in [2.45, 2.75) is 11.8 Å². The molecule has 4 rings (SSSR count). The van der Waals surface area contributed by atoms with Crippen LogP contribution in [0, 0.1) is 0 Å². The van der Waals surface area contributed by atoms with Gasteiger partial charge in [0.2, 0.25) is 5.16 Å². The van der Waals surface area contributed by atoms with Crippen LogP contribution in [-0.2, 0) is 11.4 Å². The summed E-state index contributed by atoms with van der Waals surface area (Å²) in [4.78, 5) is 16.4. The maximum absolute atomic E-state index is 12.0. The van der Waals surface area contributed by atoms with Crippen molar-refractivity contribution in [2.75, 3.05) is 0 Å². The van der Waals surface area contributed by atoms with E-state index in [0.29, 0.717) is 28.8 Å². The van der Waals surface area contributed by atoms with Crippen molar-refractivity contribution in [3.8, 4) is 17.1 Å². The van der Waals surface area contributed by atoms with E-state index in [1.54, 1.807) is 30.3 Å². The number of nitrogens with zero attached hydrogens (tertiary/aromatic N) is 2. The minimum absolute atomic E-state index is 0.0549. The van der Waals surface area contributed by atoms with E-state index in [1.165, 1.54) is 0 Å². The van der Waals surface area contributed by atoms with Gasteiger partial charge in [-0.3, -0.25) is 5.10 Å². The molecule has 0 fully saturated rings. The Hall–Kier alpha value is -3.07. The van der Waals surface area contributed by atoms with E-state index in [-0.39, 0.29) is 10.1 Å². The molecule has 0 atom stereocenters. The Balaban J connectivity index is 1.57. The number of carbonyl (C=O) groups is 1. The Morgan fingerprint density at radius 3 is 2.61 bits per heavy atom. The topological polar surface area (TPSA) is 88.1 Å². The molecule has 33 heavy (non-hydrogen) atoms. The minimum Gasteiger partial charge on any atom is -0.488 e. The number of benzene rings is 3. The zero-order valence-corrected chi connectivity index (χ0v) is 20.2. The van der Waals surface area contributed by atoms with E-state index in [1.807, 2.05) is 48.5 Å². The number of hydrogen-bond donors (Lipinski definition) is 2. The highest BCUT2D eigenvalue weighted by atomic mass is 79.9. The Labute approximate surface area is 207 Å². The molecule has 2 N–H and O–H groups in total. The van der Waals surface area contributed by atoms with E-state index in [0.717, 1.165) is 27.4 Å². The van der Waals surface area contributed by atoms with Gasteiger partial charge in [-0.05, 0) is 65.9 Å². The monoisotopic (exact) mass is 541 g/mol. The van der Waals surface area contributed by atoms with Crippen LogP contribution in [0.2, 0.25) is 5.02 Å². The first kappa shape index (κ1) is 23.1. The molecule has 0 radical (unpaired) electrons. The van der Waals surface area contributed by atoms with E-state index in [9.17, 15) is 9.90 Å². The molecule has 1 aromatic heterocycles. The summed E-state index contributed by atoms with van der Waals surface area (Å²) in [5, 5.41) is 17.7. The fourth-order valence-corrected chi connectivity index (χ4v) is 4.11. The SMILES string of the molecule is O=C(O)/C(=C/c1cc(Br)ccc1OCc1ccccc1)Sc1n[nH]c(-c2ccc(Cl)cc2)n1. The summed E-state index contributed by atoms with van der Waals surface area (Å²) in [5.41, 5.74) is 2.43. The van der Waals surface area contributed by atoms with Crippen LogP contribution in [0.25, 0.3) is 17.5 Å². The lowest BCUT2D eigenvalue weighted by atomic mass is 10.2. The second kappa shape index (κ2) is 10.7. The Morgan fingerprint density at radius 2 is 1.88 bits per heavy atom. The van der Waals surface area contributed by atoms with Gasteiger partial charge in [0.25, 0.3) is 0 Å². The number of aromatic nitrogens is 3. The summed E-state index contributed by atoms with van der Waals surface area (Å²) >= 11 is 10.3. The van der Waals surface area contributed by atoms with E-state index in [4.69, 9.17) is 16.3 Å². The molecule has 0 amide bonds. The zero-order chi connectivity index (χ0) is 23.2. The van der Waals surface area contributed by atoms with Crippen LogP contribution >= 0.6 is 39.3 Å². The van der Waals surface area contributed by atoms with Crippen LogP contribution in [0.4, 0.5) is 0 Å². The average Bonchev–Trinajstić information content (AvgIpc) is 3.28. The van der Waals surface area contributed by atoms with Crippen molar-refractivity contribution >= 4 is 51.3 Å². The quantitative estimate of drug-likeness (QED) is 0.191. The summed E-state index contributed by atoms with van der Waals surface area (Å²) in [6.07, 6.45) is 1.55. The Bertz CT molecular complexity index is 1290. The number of rotatable bonds is 8. The first-order valence-electron chi connectivity index (χ1n) is 9.75. The second-order valence-electron chi connectivity index (χ2n) is 6.85. The largest absolute Gasteiger partial charge is 0.488 e. The summed E-state index contributed by atoms with van der Waals surface area (Å²) < 4.78 is 6.77. The highest BCUT2D eigenvalue weighted by Gasteiger charge is 2.16. The molecular formula is C24H17BrClN3O3S. The number of nitrogens with one attached hydrogen (secondary N) is 1. The fraction of sp³-hybridized carbons (Fsp3) is 0.0417. The number of aliphatic carboxylic acids is 1. The third-order valence-electron chi connectivity index (χ3n) is 4.49. The van der Waals surface area contributed by atoms with Gasteiger partial charge in [-0.25, -0.2) is 9.78 Å². The fourth-order valence-electron chi connectivity index (χ4n) is 2.90. The maximum atomic E-state index is 12.0. The molecule has 166 valence electrons. The number of carboxylic acid groups (broad SMARTS) is 1. The first-order chi connectivity index (χ1) is 16.0. The molecule has 0 unspecified atom stereocenters. The number of ether oxygens (including phenoxy) is 1. The molecule has 1 heterocycles. The molecule has 0 aliphatic carbocycles. The van der Waals surface area contributed by atoms with Crippen LogP contribution in [0.1, 0.15) is 11.1 Å². The molecule has 6 nitrogen and oxygen atoms in total. The normalized spacial score (nSPS) is 11.4. The third kappa shape index (κ3) is 6.25. The number of hydrogen-bond acceptors (Lipinski definition) is 5. The van der Waals surface area contributed by atoms with Crippen molar-refractivity contribution in [1.29, 1.82) is 0 Å². The standard InChI is InChI=1S/C24H17BrClN3O3S/c25-18-8-11-20(32-14-15-4-2-1-3-5-15)17(12-18)13-21(23(30)31)33-24-27-22(28-29-24)16-6-9-19(26)10-7-16/h1-13H,14H2,(H,30,31)(H,27,28,29)/b21-13-. The van der Waals surface area contributed by atoms with Crippen molar-refractivity contribution in [3.63, 3.8) is 0 Å². The molecule has 9 heteroatoms. The highest BCUT2D eigenvalue weighted by Crippen LogP contribution is 2.32. The minimum atomic E-state index is -1.09. The van der Waals surface area contributed by atoms with E-state index in [2.05, 4.69) is 31.1 Å². The highest BCUT2D eigenvalue weighted by molar-refractivity contribution is 9.10. The van der Waals surface area contributed by atoms with Crippen LogP contribution in [0.3, 0.4) is 0 Å². The molecule has 0 saturated heterocycles. The van der Waals surface area contributed by atoms with Crippen LogP contribution in [0.15, 0.2) is 87.3 Å². The lowest BCUT2D eigenvalue weighted by Crippen LogP contribution is -2.00. The van der Waals surface area contributed by atoms with Gasteiger partial charge < -0.3 is 9.84 Å². The van der Waals surface area contributed by atoms with Gasteiger partial charge >= 0.3 is 5.97 Å². The molecular weight excluding hydrogens is 526 g/mol. The van der Waals surface area contributed by atoms with Crippen molar-refractivity contribution < 1.29 is 14.6 Å². The molecule has 0 spiro atoms. The van der Waals surface area contributed by atoms with Crippen LogP contribution in [0.5, 0.6) is 5.75 Å². The number of H-pyrrole nitrogens is 1. The van der Waals surface area contributed by atoms with Crippen LogP contribution < -0.4 is 4.74 Å². The summed E-state index contributed by atoms with van der Waals surface area (Å²) in [6.45, 7) is 0.365. The average molecular weight is 543 g/mol. The van der Waals surface area contributed by atoms with Gasteiger partial charge in [-0.1, -0.05) is 57.9 Å². The number of carboxylic acids is 1. The van der Waals surface area contributed by atoms with E-state index < -0.39 is 5.97 Å². The number of halogens is 2. The molecule has 0 aliphatic rings. The first-order valence-corrected chi connectivity index (χ1v) is 11.7.